The minimum absolute atomic E-state index is 0.191. The first kappa shape index (κ1) is 17.0. The lowest BCUT2D eigenvalue weighted by molar-refractivity contribution is -0.109. The van der Waals surface area contributed by atoms with Gasteiger partial charge in [0, 0.05) is 19.5 Å². The summed E-state index contributed by atoms with van der Waals surface area (Å²) in [7, 11) is 0. The Kier molecular flexibility index (Phi) is 5.54. The number of likely N-dealkylation sites (tertiary alicyclic amines) is 1. The summed E-state index contributed by atoms with van der Waals surface area (Å²) in [5.41, 5.74) is 1.42. The van der Waals surface area contributed by atoms with Crippen LogP contribution in [0, 0.1) is 11.3 Å². The molecule has 1 aromatic carbocycles. The van der Waals surface area contributed by atoms with Gasteiger partial charge in [-0.3, -0.25) is 0 Å². The van der Waals surface area contributed by atoms with E-state index in [-0.39, 0.29) is 6.09 Å². The zero-order valence-corrected chi connectivity index (χ0v) is 14.3. The topological polar surface area (TPSA) is 46.6 Å². The Labute approximate surface area is 144 Å². The molecule has 2 aliphatic rings. The molecule has 1 saturated carbocycles. The maximum Gasteiger partial charge on any atom is 0.410 e. The molecule has 24 heavy (non-hydrogen) atoms. The summed E-state index contributed by atoms with van der Waals surface area (Å²) < 4.78 is 5.44. The van der Waals surface area contributed by atoms with Crippen LogP contribution < -0.4 is 0 Å². The summed E-state index contributed by atoms with van der Waals surface area (Å²) in [6, 6.07) is 9.80. The van der Waals surface area contributed by atoms with Gasteiger partial charge in [-0.1, -0.05) is 30.3 Å². The second-order valence-electron chi connectivity index (χ2n) is 7.37. The van der Waals surface area contributed by atoms with Crippen LogP contribution in [0.3, 0.4) is 0 Å². The largest absolute Gasteiger partial charge is 0.445 e. The molecule has 1 amide bonds. The van der Waals surface area contributed by atoms with Gasteiger partial charge in [-0.15, -0.1) is 0 Å². The van der Waals surface area contributed by atoms with Crippen LogP contribution in [0.15, 0.2) is 30.3 Å². The number of nitrogens with zero attached hydrogens (tertiary/aromatic N) is 1. The zero-order chi connectivity index (χ0) is 16.8. The molecule has 4 heteroatoms. The van der Waals surface area contributed by atoms with Gasteiger partial charge in [0.25, 0.3) is 0 Å². The number of rotatable bonds is 4. The Morgan fingerprint density at radius 3 is 2.42 bits per heavy atom. The highest BCUT2D eigenvalue weighted by Gasteiger charge is 2.39. The number of piperidine rings is 1. The number of hydrogen-bond acceptors (Lipinski definition) is 3. The molecule has 0 radical (unpaired) electrons. The van der Waals surface area contributed by atoms with E-state index in [1.807, 2.05) is 35.2 Å². The van der Waals surface area contributed by atoms with E-state index in [0.717, 1.165) is 50.6 Å². The molecule has 0 unspecified atom stereocenters. The van der Waals surface area contributed by atoms with Gasteiger partial charge in [-0.25, -0.2) is 4.79 Å². The highest BCUT2D eigenvalue weighted by atomic mass is 16.6. The number of hydrogen-bond donors (Lipinski definition) is 0. The summed E-state index contributed by atoms with van der Waals surface area (Å²) in [5.74, 6) is 0.585. The standard InChI is InChI=1S/C20H27NO3/c22-15-8-17-6-9-20(10-7-17)11-13-21(14-12-20)19(23)24-16-18-4-2-1-3-5-18/h1-5,15,17H,6-14,16H2. The van der Waals surface area contributed by atoms with Gasteiger partial charge in [0.15, 0.2) is 0 Å². The Morgan fingerprint density at radius 2 is 1.79 bits per heavy atom. The predicted octanol–water partition coefficient (Wildman–Crippen LogP) is 4.18. The van der Waals surface area contributed by atoms with Gasteiger partial charge in [0.2, 0.25) is 0 Å². The lowest BCUT2D eigenvalue weighted by Crippen LogP contribution is -2.44. The average molecular weight is 329 g/mol. The van der Waals surface area contributed by atoms with Crippen molar-refractivity contribution < 1.29 is 14.3 Å². The number of carbonyl (C=O) groups is 2. The van der Waals surface area contributed by atoms with Crippen LogP contribution in [0.4, 0.5) is 4.79 Å². The van der Waals surface area contributed by atoms with Crippen LogP contribution in [0.1, 0.15) is 50.5 Å². The number of ether oxygens (including phenoxy) is 1. The monoisotopic (exact) mass is 329 g/mol. The molecule has 1 aliphatic heterocycles. The number of amides is 1. The second kappa shape index (κ2) is 7.82. The van der Waals surface area contributed by atoms with Crippen molar-refractivity contribution >= 4 is 12.4 Å². The summed E-state index contributed by atoms with van der Waals surface area (Å²) in [6.07, 6.45) is 8.47. The highest BCUT2D eigenvalue weighted by Crippen LogP contribution is 2.46. The second-order valence-corrected chi connectivity index (χ2v) is 7.37. The summed E-state index contributed by atoms with van der Waals surface area (Å²) >= 11 is 0. The van der Waals surface area contributed by atoms with Gasteiger partial charge in [0.1, 0.15) is 12.9 Å². The smallest absolute Gasteiger partial charge is 0.410 e. The van der Waals surface area contributed by atoms with E-state index in [4.69, 9.17) is 4.74 Å². The molecule has 1 aliphatic carbocycles. The first-order valence-corrected chi connectivity index (χ1v) is 9.10. The third-order valence-electron chi connectivity index (χ3n) is 5.88. The molecule has 1 heterocycles. The van der Waals surface area contributed by atoms with Crippen molar-refractivity contribution in [3.63, 3.8) is 0 Å². The fourth-order valence-corrected chi connectivity index (χ4v) is 4.14. The number of carbonyl (C=O) groups excluding carboxylic acids is 2. The van der Waals surface area contributed by atoms with E-state index in [2.05, 4.69) is 0 Å². The molecule has 0 atom stereocenters. The van der Waals surface area contributed by atoms with E-state index in [0.29, 0.717) is 24.4 Å². The van der Waals surface area contributed by atoms with Crippen molar-refractivity contribution in [3.05, 3.63) is 35.9 Å². The quantitative estimate of drug-likeness (QED) is 0.778. The van der Waals surface area contributed by atoms with Gasteiger partial charge in [-0.2, -0.15) is 0 Å². The Hall–Kier alpha value is -1.84. The minimum atomic E-state index is -0.191. The normalized spacial score (nSPS) is 20.8. The number of benzene rings is 1. The van der Waals surface area contributed by atoms with E-state index in [1.165, 1.54) is 12.8 Å². The maximum absolute atomic E-state index is 12.2. The minimum Gasteiger partial charge on any atom is -0.445 e. The van der Waals surface area contributed by atoms with Crippen molar-refractivity contribution in [2.24, 2.45) is 11.3 Å². The van der Waals surface area contributed by atoms with E-state index >= 15 is 0 Å². The van der Waals surface area contributed by atoms with Gasteiger partial charge in [-0.05, 0) is 55.4 Å². The predicted molar refractivity (Wildman–Crippen MR) is 92.5 cm³/mol. The van der Waals surface area contributed by atoms with Gasteiger partial charge < -0.3 is 14.4 Å². The molecule has 1 spiro atoms. The molecule has 3 rings (SSSR count). The molecule has 1 aromatic rings. The lowest BCUT2D eigenvalue weighted by atomic mass is 9.65. The van der Waals surface area contributed by atoms with Crippen LogP contribution in [0.5, 0.6) is 0 Å². The van der Waals surface area contributed by atoms with E-state index in [1.54, 1.807) is 0 Å². The molecule has 0 aromatic heterocycles. The molecular weight excluding hydrogens is 302 g/mol. The van der Waals surface area contributed by atoms with Crippen molar-refractivity contribution in [1.82, 2.24) is 4.90 Å². The summed E-state index contributed by atoms with van der Waals surface area (Å²) in [4.78, 5) is 24.8. The number of aldehydes is 1. The molecule has 0 N–H and O–H groups in total. The van der Waals surface area contributed by atoms with Gasteiger partial charge in [0.05, 0.1) is 0 Å². The Balaban J connectivity index is 1.43. The van der Waals surface area contributed by atoms with Crippen LogP contribution >= 0.6 is 0 Å². The zero-order valence-electron chi connectivity index (χ0n) is 14.3. The fraction of sp³-hybridized carbons (Fsp3) is 0.600. The third-order valence-corrected chi connectivity index (χ3v) is 5.88. The Bertz CT molecular complexity index is 539. The van der Waals surface area contributed by atoms with Crippen LogP contribution in [0.2, 0.25) is 0 Å². The fourth-order valence-electron chi connectivity index (χ4n) is 4.14. The van der Waals surface area contributed by atoms with Crippen molar-refractivity contribution in [2.75, 3.05) is 13.1 Å². The first-order valence-electron chi connectivity index (χ1n) is 9.10. The Morgan fingerprint density at radius 1 is 1.12 bits per heavy atom. The average Bonchev–Trinajstić information content (AvgIpc) is 2.64. The van der Waals surface area contributed by atoms with Crippen LogP contribution in [-0.4, -0.2) is 30.4 Å². The van der Waals surface area contributed by atoms with Crippen molar-refractivity contribution in [3.8, 4) is 0 Å². The molecule has 0 bridgehead atoms. The third kappa shape index (κ3) is 4.16. The van der Waals surface area contributed by atoms with Crippen LogP contribution in [0.25, 0.3) is 0 Å². The van der Waals surface area contributed by atoms with E-state index in [9.17, 15) is 9.59 Å². The van der Waals surface area contributed by atoms with Crippen molar-refractivity contribution in [1.29, 1.82) is 0 Å². The molecular formula is C20H27NO3. The molecule has 130 valence electrons. The molecule has 1 saturated heterocycles. The lowest BCUT2D eigenvalue weighted by Gasteiger charge is -2.45. The van der Waals surface area contributed by atoms with Crippen LogP contribution in [-0.2, 0) is 16.1 Å². The SMILES string of the molecule is O=CCC1CCC2(CC1)CCN(C(=O)OCc1ccccc1)CC2. The highest BCUT2D eigenvalue weighted by molar-refractivity contribution is 5.67. The molecule has 2 fully saturated rings. The summed E-state index contributed by atoms with van der Waals surface area (Å²) in [6.45, 7) is 1.94. The molecule has 4 nitrogen and oxygen atoms in total. The van der Waals surface area contributed by atoms with Crippen molar-refractivity contribution in [2.45, 2.75) is 51.6 Å². The van der Waals surface area contributed by atoms with E-state index < -0.39 is 0 Å². The van der Waals surface area contributed by atoms with Gasteiger partial charge >= 0.3 is 6.09 Å². The maximum atomic E-state index is 12.2. The first-order chi connectivity index (χ1) is 11.7. The summed E-state index contributed by atoms with van der Waals surface area (Å²) in [5, 5.41) is 0.